The molecule has 2 rings (SSSR count). The third kappa shape index (κ3) is 3.05. The first-order valence-electron chi connectivity index (χ1n) is 6.28. The second-order valence-corrected chi connectivity index (χ2v) is 5.52. The van der Waals surface area contributed by atoms with Crippen molar-refractivity contribution in [3.63, 3.8) is 0 Å². The average molecular weight is 304 g/mol. The van der Waals surface area contributed by atoms with E-state index in [-0.39, 0.29) is 5.91 Å². The van der Waals surface area contributed by atoms with E-state index in [1.54, 1.807) is 23.6 Å². The third-order valence-electron chi connectivity index (χ3n) is 3.12. The first kappa shape index (κ1) is 15.1. The van der Waals surface area contributed by atoms with Gasteiger partial charge in [-0.05, 0) is 48.6 Å². The SMILES string of the molecule is COC(=O)c1scc(C)c1NC(=O)c1ccc(N)c(C)c1. The van der Waals surface area contributed by atoms with E-state index in [9.17, 15) is 9.59 Å². The van der Waals surface area contributed by atoms with Crippen molar-refractivity contribution in [2.75, 3.05) is 18.2 Å². The zero-order valence-corrected chi connectivity index (χ0v) is 12.8. The number of benzene rings is 1. The predicted molar refractivity (Wildman–Crippen MR) is 83.9 cm³/mol. The van der Waals surface area contributed by atoms with Crippen LogP contribution in [0.15, 0.2) is 23.6 Å². The Morgan fingerprint density at radius 3 is 2.57 bits per heavy atom. The van der Waals surface area contributed by atoms with Gasteiger partial charge >= 0.3 is 5.97 Å². The highest BCUT2D eigenvalue weighted by Gasteiger charge is 2.19. The molecule has 0 saturated heterocycles. The fourth-order valence-electron chi connectivity index (χ4n) is 1.85. The molecule has 5 nitrogen and oxygen atoms in total. The van der Waals surface area contributed by atoms with Gasteiger partial charge in [-0.2, -0.15) is 0 Å². The van der Waals surface area contributed by atoms with Crippen LogP contribution in [0, 0.1) is 13.8 Å². The molecule has 0 aliphatic heterocycles. The second kappa shape index (κ2) is 5.97. The highest BCUT2D eigenvalue weighted by molar-refractivity contribution is 7.12. The van der Waals surface area contributed by atoms with E-state index in [1.165, 1.54) is 18.4 Å². The van der Waals surface area contributed by atoms with E-state index < -0.39 is 5.97 Å². The number of thiophene rings is 1. The number of carbonyl (C=O) groups excluding carboxylic acids is 2. The van der Waals surface area contributed by atoms with E-state index in [0.29, 0.717) is 21.8 Å². The van der Waals surface area contributed by atoms with Crippen molar-refractivity contribution in [1.82, 2.24) is 0 Å². The van der Waals surface area contributed by atoms with Crippen LogP contribution in [-0.4, -0.2) is 19.0 Å². The molecule has 0 fully saturated rings. The fourth-order valence-corrected chi connectivity index (χ4v) is 2.77. The van der Waals surface area contributed by atoms with Crippen LogP contribution in [0.4, 0.5) is 11.4 Å². The van der Waals surface area contributed by atoms with Crippen molar-refractivity contribution in [3.8, 4) is 0 Å². The third-order valence-corrected chi connectivity index (χ3v) is 4.19. The number of amides is 1. The number of nitrogens with two attached hydrogens (primary N) is 1. The normalized spacial score (nSPS) is 10.2. The number of aryl methyl sites for hydroxylation is 2. The van der Waals surface area contributed by atoms with Crippen LogP contribution < -0.4 is 11.1 Å². The maximum Gasteiger partial charge on any atom is 0.350 e. The average Bonchev–Trinajstić information content (AvgIpc) is 2.82. The highest BCUT2D eigenvalue weighted by atomic mass is 32.1. The topological polar surface area (TPSA) is 81.4 Å². The van der Waals surface area contributed by atoms with Crippen LogP contribution in [0.2, 0.25) is 0 Å². The van der Waals surface area contributed by atoms with Gasteiger partial charge in [-0.15, -0.1) is 11.3 Å². The molecule has 1 amide bonds. The number of hydrogen-bond acceptors (Lipinski definition) is 5. The first-order chi connectivity index (χ1) is 9.93. The summed E-state index contributed by atoms with van der Waals surface area (Å²) in [5.41, 5.74) is 9.01. The minimum Gasteiger partial charge on any atom is -0.465 e. The zero-order chi connectivity index (χ0) is 15.6. The number of esters is 1. The lowest BCUT2D eigenvalue weighted by molar-refractivity contribution is 0.0607. The van der Waals surface area contributed by atoms with E-state index in [4.69, 9.17) is 10.5 Å². The monoisotopic (exact) mass is 304 g/mol. The number of carbonyl (C=O) groups is 2. The summed E-state index contributed by atoms with van der Waals surface area (Å²) < 4.78 is 4.72. The Morgan fingerprint density at radius 1 is 1.24 bits per heavy atom. The van der Waals surface area contributed by atoms with Gasteiger partial charge in [0, 0.05) is 11.3 Å². The summed E-state index contributed by atoms with van der Waals surface area (Å²) in [6, 6.07) is 5.05. The molecular formula is C15H16N2O3S. The van der Waals surface area contributed by atoms with E-state index in [1.807, 2.05) is 13.8 Å². The molecule has 1 heterocycles. The molecule has 1 aromatic heterocycles. The van der Waals surface area contributed by atoms with Gasteiger partial charge in [0.25, 0.3) is 5.91 Å². The van der Waals surface area contributed by atoms with Crippen LogP contribution in [0.3, 0.4) is 0 Å². The summed E-state index contributed by atoms with van der Waals surface area (Å²) in [5, 5.41) is 4.57. The summed E-state index contributed by atoms with van der Waals surface area (Å²) in [7, 11) is 1.31. The Labute approximate surface area is 126 Å². The van der Waals surface area contributed by atoms with E-state index >= 15 is 0 Å². The Kier molecular flexibility index (Phi) is 4.28. The molecule has 0 unspecified atom stereocenters. The van der Waals surface area contributed by atoms with E-state index in [0.717, 1.165) is 11.1 Å². The summed E-state index contributed by atoms with van der Waals surface area (Å²) in [6.45, 7) is 3.66. The standard InChI is InChI=1S/C15H16N2O3S/c1-8-6-10(4-5-11(8)16)14(18)17-12-9(2)7-21-13(12)15(19)20-3/h4-7H,16H2,1-3H3,(H,17,18). The lowest BCUT2D eigenvalue weighted by Crippen LogP contribution is -2.15. The minimum atomic E-state index is -0.461. The highest BCUT2D eigenvalue weighted by Crippen LogP contribution is 2.29. The number of hydrogen-bond donors (Lipinski definition) is 2. The van der Waals surface area contributed by atoms with Crippen molar-refractivity contribution in [1.29, 1.82) is 0 Å². The smallest absolute Gasteiger partial charge is 0.350 e. The maximum absolute atomic E-state index is 12.3. The number of nitrogen functional groups attached to an aromatic ring is 1. The largest absolute Gasteiger partial charge is 0.465 e. The van der Waals surface area contributed by atoms with Gasteiger partial charge in [0.2, 0.25) is 0 Å². The first-order valence-corrected chi connectivity index (χ1v) is 7.16. The Balaban J connectivity index is 2.29. The molecular weight excluding hydrogens is 288 g/mol. The molecule has 0 aliphatic rings. The summed E-state index contributed by atoms with van der Waals surface area (Å²) in [6.07, 6.45) is 0. The molecule has 110 valence electrons. The van der Waals surface area contributed by atoms with Crippen molar-refractivity contribution in [3.05, 3.63) is 45.1 Å². The number of ether oxygens (including phenoxy) is 1. The summed E-state index contributed by atoms with van der Waals surface area (Å²) >= 11 is 1.24. The Morgan fingerprint density at radius 2 is 1.95 bits per heavy atom. The van der Waals surface area contributed by atoms with Crippen LogP contribution in [-0.2, 0) is 4.74 Å². The lowest BCUT2D eigenvalue weighted by atomic mass is 10.1. The molecule has 1 aromatic carbocycles. The molecule has 0 aliphatic carbocycles. The van der Waals surface area contributed by atoms with Crippen LogP contribution in [0.1, 0.15) is 31.2 Å². The minimum absolute atomic E-state index is 0.287. The molecule has 2 aromatic rings. The molecule has 6 heteroatoms. The number of nitrogens with one attached hydrogen (secondary N) is 1. The van der Waals surface area contributed by atoms with Gasteiger partial charge in [0.15, 0.2) is 0 Å². The molecule has 3 N–H and O–H groups in total. The molecule has 0 spiro atoms. The van der Waals surface area contributed by atoms with Gasteiger partial charge in [-0.25, -0.2) is 4.79 Å². The molecule has 0 saturated carbocycles. The van der Waals surface area contributed by atoms with Crippen molar-refractivity contribution in [2.24, 2.45) is 0 Å². The van der Waals surface area contributed by atoms with Gasteiger partial charge in [-0.1, -0.05) is 0 Å². The zero-order valence-electron chi connectivity index (χ0n) is 12.0. The van der Waals surface area contributed by atoms with Gasteiger partial charge in [0.05, 0.1) is 12.8 Å². The van der Waals surface area contributed by atoms with E-state index in [2.05, 4.69) is 5.32 Å². The molecule has 21 heavy (non-hydrogen) atoms. The summed E-state index contributed by atoms with van der Waals surface area (Å²) in [4.78, 5) is 24.4. The lowest BCUT2D eigenvalue weighted by Gasteiger charge is -2.08. The fraction of sp³-hybridized carbons (Fsp3) is 0.200. The Hall–Kier alpha value is -2.34. The van der Waals surface area contributed by atoms with Crippen molar-refractivity contribution >= 4 is 34.6 Å². The summed E-state index contributed by atoms with van der Waals surface area (Å²) in [5.74, 6) is -0.748. The molecule has 0 bridgehead atoms. The Bertz CT molecular complexity index is 707. The molecule has 0 radical (unpaired) electrons. The van der Waals surface area contributed by atoms with Crippen LogP contribution >= 0.6 is 11.3 Å². The van der Waals surface area contributed by atoms with Gasteiger partial charge in [0.1, 0.15) is 4.88 Å². The van der Waals surface area contributed by atoms with Crippen molar-refractivity contribution < 1.29 is 14.3 Å². The van der Waals surface area contributed by atoms with Crippen molar-refractivity contribution in [2.45, 2.75) is 13.8 Å². The maximum atomic E-state index is 12.3. The van der Waals surface area contributed by atoms with Crippen LogP contribution in [0.25, 0.3) is 0 Å². The van der Waals surface area contributed by atoms with Crippen LogP contribution in [0.5, 0.6) is 0 Å². The predicted octanol–water partition coefficient (Wildman–Crippen LogP) is 2.99. The molecule has 0 atom stereocenters. The quantitative estimate of drug-likeness (QED) is 0.674. The number of rotatable bonds is 3. The van der Waals surface area contributed by atoms with Gasteiger partial charge < -0.3 is 15.8 Å². The number of anilines is 2. The van der Waals surface area contributed by atoms with Gasteiger partial charge in [-0.3, -0.25) is 4.79 Å². The number of methoxy groups -OCH3 is 1. The second-order valence-electron chi connectivity index (χ2n) is 4.64.